The van der Waals surface area contributed by atoms with Crippen molar-refractivity contribution in [3.8, 4) is 5.75 Å². The molecule has 0 spiro atoms. The van der Waals surface area contributed by atoms with E-state index in [2.05, 4.69) is 107 Å². The van der Waals surface area contributed by atoms with Gasteiger partial charge in [-0.3, -0.25) is 0 Å². The van der Waals surface area contributed by atoms with Crippen molar-refractivity contribution in [3.63, 3.8) is 0 Å². The number of hydrogen-bond acceptors (Lipinski definition) is 2. The first-order valence-electron chi connectivity index (χ1n) is 14.7. The third-order valence-corrected chi connectivity index (χ3v) is 9.09. The fourth-order valence-corrected chi connectivity index (χ4v) is 7.35. The predicted molar refractivity (Wildman–Crippen MR) is 175 cm³/mol. The van der Waals surface area contributed by atoms with Gasteiger partial charge < -0.3 is 4.90 Å². The Morgan fingerprint density at radius 1 is 0.878 bits per heavy atom. The molecule has 0 aromatic heterocycles. The molecule has 0 radical (unpaired) electrons. The molecule has 1 aliphatic heterocycles. The number of benzene rings is 4. The van der Waals surface area contributed by atoms with Crippen molar-refractivity contribution in [1.82, 2.24) is 0 Å². The first kappa shape index (κ1) is 31.5. The number of rotatable bonds is 7. The van der Waals surface area contributed by atoms with E-state index in [4.69, 9.17) is 14.4 Å². The standard InChI is InChI=1S/C27H32N.C10H12O.ClH.Ru/c1-6-20-13-10-14-21(7-2)25(20)28-19-27(5,18-26(28,3)4)24-17-11-15-22-12-8-9-16-23(22)24;1-8(2)11-10-7-5-4-6-9(10)3;;/h8-17,19H,6-7,18H2,1-5H3;3-8H,1-2H3;1H;/q-1;;;+1/p-1. The number of halogens is 1. The molecule has 0 N–H and O–H groups in total. The van der Waals surface area contributed by atoms with Crippen LogP contribution < -0.4 is 9.64 Å². The summed E-state index contributed by atoms with van der Waals surface area (Å²) >= 11 is -0.191. The molecule has 1 unspecified atom stereocenters. The number of ether oxygens (including phenoxy) is 1. The Balaban J connectivity index is 0.000000251. The summed E-state index contributed by atoms with van der Waals surface area (Å²) in [5.74, 6) is 0.924. The molecule has 1 atom stereocenters. The van der Waals surface area contributed by atoms with E-state index in [-0.39, 0.29) is 32.7 Å². The quantitative estimate of drug-likeness (QED) is 0.145. The van der Waals surface area contributed by atoms with Gasteiger partial charge in [-0.2, -0.15) is 0 Å². The predicted octanol–water partition coefficient (Wildman–Crippen LogP) is 9.93. The molecule has 0 saturated carbocycles. The van der Waals surface area contributed by atoms with E-state index in [1.165, 1.54) is 33.2 Å². The van der Waals surface area contributed by atoms with Crippen LogP contribution in [0.3, 0.4) is 0 Å². The molecule has 4 heteroatoms. The summed E-state index contributed by atoms with van der Waals surface area (Å²) in [5, 5.41) is 2.70. The van der Waals surface area contributed by atoms with Crippen LogP contribution in [0, 0.1) is 6.54 Å². The Hall–Kier alpha value is -2.48. The number of hydrogen-bond donors (Lipinski definition) is 0. The molecular formula is C37H44ClNORu-. The second-order valence-electron chi connectivity index (χ2n) is 11.9. The van der Waals surface area contributed by atoms with E-state index < -0.39 is 0 Å². The average Bonchev–Trinajstić information content (AvgIpc) is 3.22. The third-order valence-electron chi connectivity index (χ3n) is 7.91. The summed E-state index contributed by atoms with van der Waals surface area (Å²) in [6, 6.07) is 30.3. The van der Waals surface area contributed by atoms with E-state index in [0.717, 1.165) is 30.6 Å². The number of nitrogens with zero attached hydrogens (tertiary/aromatic N) is 1. The Kier molecular flexibility index (Phi) is 10.5. The first-order valence-corrected chi connectivity index (χ1v) is 17.9. The minimum atomic E-state index is -0.191. The molecule has 4 aromatic carbocycles. The minimum Gasteiger partial charge on any atom is -0.517 e. The van der Waals surface area contributed by atoms with E-state index in [1.54, 1.807) is 0 Å². The maximum absolute atomic E-state index is 5.72. The van der Waals surface area contributed by atoms with Crippen molar-refractivity contribution in [3.05, 3.63) is 114 Å². The molecule has 1 fully saturated rings. The van der Waals surface area contributed by atoms with Crippen molar-refractivity contribution < 1.29 is 20.4 Å². The molecule has 1 saturated heterocycles. The molecule has 1 aliphatic rings. The summed E-state index contributed by atoms with van der Waals surface area (Å²) in [6.07, 6.45) is 3.44. The van der Waals surface area contributed by atoms with Crippen LogP contribution >= 0.6 is 9.69 Å². The maximum atomic E-state index is 5.72. The van der Waals surface area contributed by atoms with Crippen molar-refractivity contribution >= 4 is 30.8 Å². The normalized spacial score (nSPS) is 18.3. The zero-order chi connectivity index (χ0) is 29.6. The monoisotopic (exact) mass is 655 g/mol. The Bertz CT molecular complexity index is 1470. The van der Waals surface area contributed by atoms with E-state index in [9.17, 15) is 0 Å². The average molecular weight is 655 g/mol. The summed E-state index contributed by atoms with van der Waals surface area (Å²) in [4.78, 5) is 2.59. The first-order chi connectivity index (χ1) is 19.6. The Morgan fingerprint density at radius 3 is 2.15 bits per heavy atom. The summed E-state index contributed by atoms with van der Waals surface area (Å²) in [7, 11) is 5.72. The van der Waals surface area contributed by atoms with Crippen LogP contribution in [0.5, 0.6) is 5.75 Å². The van der Waals surface area contributed by atoms with Gasteiger partial charge in [0, 0.05) is 11.2 Å². The molecule has 0 aliphatic carbocycles. The van der Waals surface area contributed by atoms with E-state index in [0.29, 0.717) is 0 Å². The number of aryl methyl sites for hydroxylation is 2. The fraction of sp³-hybridized carbons (Fsp3) is 0.351. The van der Waals surface area contributed by atoms with Crippen molar-refractivity contribution in [2.45, 2.75) is 84.8 Å². The van der Waals surface area contributed by atoms with Crippen molar-refractivity contribution in [2.24, 2.45) is 0 Å². The molecule has 0 amide bonds. The van der Waals surface area contributed by atoms with Gasteiger partial charge in [-0.05, 0) is 55.0 Å². The second-order valence-corrected chi connectivity index (χ2v) is 13.7. The van der Waals surface area contributed by atoms with Crippen LogP contribution in [0.2, 0.25) is 0 Å². The smallest absolute Gasteiger partial charge is 0.0140 e. The fourth-order valence-electron chi connectivity index (χ4n) is 6.24. The van der Waals surface area contributed by atoms with Gasteiger partial charge in [0.2, 0.25) is 0 Å². The van der Waals surface area contributed by atoms with Crippen LogP contribution in [0.4, 0.5) is 5.69 Å². The second kappa shape index (κ2) is 13.7. The SMILES string of the molecule is CC(C)Oc1ccccc1[CH]=[Ru][Cl].CCc1cccc(CC)c1N1[CH-]C(C)(c2cccc3ccccc23)CC1(C)C. The molecule has 4 aromatic rings. The van der Waals surface area contributed by atoms with Gasteiger partial charge in [-0.15, -0.1) is 5.41 Å². The van der Waals surface area contributed by atoms with Crippen LogP contribution in [0.1, 0.15) is 77.1 Å². The number of para-hydroxylation sites is 2. The molecule has 219 valence electrons. The molecule has 1 heterocycles. The van der Waals surface area contributed by atoms with Crippen LogP contribution in [-0.4, -0.2) is 16.3 Å². The van der Waals surface area contributed by atoms with Crippen molar-refractivity contribution in [2.75, 3.05) is 4.90 Å². The van der Waals surface area contributed by atoms with Gasteiger partial charge in [0.1, 0.15) is 0 Å². The molecule has 5 rings (SSSR count). The van der Waals surface area contributed by atoms with Crippen LogP contribution in [0.25, 0.3) is 10.8 Å². The zero-order valence-corrected chi connectivity index (χ0v) is 28.0. The zero-order valence-electron chi connectivity index (χ0n) is 25.5. The molecule has 0 bridgehead atoms. The summed E-state index contributed by atoms with van der Waals surface area (Å²) in [5.41, 5.74) is 6.95. The topological polar surface area (TPSA) is 12.5 Å². The Labute approximate surface area is 259 Å². The number of fused-ring (bicyclic) bond motifs is 1. The van der Waals surface area contributed by atoms with Crippen molar-refractivity contribution in [1.29, 1.82) is 0 Å². The minimum absolute atomic E-state index is 0.0101. The van der Waals surface area contributed by atoms with E-state index >= 15 is 0 Å². The van der Waals surface area contributed by atoms with Gasteiger partial charge in [0.05, 0.1) is 0 Å². The molecule has 2 nitrogen and oxygen atoms in total. The molecular weight excluding hydrogens is 611 g/mol. The van der Waals surface area contributed by atoms with Crippen LogP contribution in [-0.2, 0) is 33.9 Å². The van der Waals surface area contributed by atoms with Crippen LogP contribution in [0.15, 0.2) is 84.9 Å². The van der Waals surface area contributed by atoms with Gasteiger partial charge >= 0.3 is 90.3 Å². The van der Waals surface area contributed by atoms with Gasteiger partial charge in [0.15, 0.2) is 0 Å². The Morgan fingerprint density at radius 2 is 1.49 bits per heavy atom. The number of anilines is 1. The largest absolute Gasteiger partial charge is 0.517 e. The van der Waals surface area contributed by atoms with Gasteiger partial charge in [0.25, 0.3) is 0 Å². The summed E-state index contributed by atoms with van der Waals surface area (Å²) in [6.45, 7) is 18.3. The van der Waals surface area contributed by atoms with Gasteiger partial charge in [-0.1, -0.05) is 87.0 Å². The van der Waals surface area contributed by atoms with E-state index in [1.807, 2.05) is 42.7 Å². The van der Waals surface area contributed by atoms with Gasteiger partial charge in [-0.25, -0.2) is 6.54 Å². The summed E-state index contributed by atoms with van der Waals surface area (Å²) < 4.78 is 7.66. The molecule has 41 heavy (non-hydrogen) atoms. The maximum Gasteiger partial charge on any atom is 0.0140 e. The third kappa shape index (κ3) is 7.12.